The minimum absolute atomic E-state index is 0.181. The lowest BCUT2D eigenvalue weighted by molar-refractivity contribution is 0.0849. The summed E-state index contributed by atoms with van der Waals surface area (Å²) in [4.78, 5) is 22.0. The highest BCUT2D eigenvalue weighted by Crippen LogP contribution is 2.15. The van der Waals surface area contributed by atoms with Crippen molar-refractivity contribution < 1.29 is 14.6 Å². The normalized spacial score (nSPS) is 19.2. The van der Waals surface area contributed by atoms with E-state index < -0.39 is 0 Å². The third-order valence-corrected chi connectivity index (χ3v) is 3.72. The third kappa shape index (κ3) is 4.37. The van der Waals surface area contributed by atoms with Crippen molar-refractivity contribution in [3.63, 3.8) is 0 Å². The molecule has 0 radical (unpaired) electrons. The molecule has 1 aliphatic rings. The molecule has 1 fully saturated rings. The van der Waals surface area contributed by atoms with Crippen molar-refractivity contribution in [1.29, 1.82) is 0 Å². The Labute approximate surface area is 124 Å². The number of ether oxygens (including phenoxy) is 1. The van der Waals surface area contributed by atoms with E-state index in [1.54, 1.807) is 0 Å². The zero-order chi connectivity index (χ0) is 15.1. The van der Waals surface area contributed by atoms with E-state index in [0.29, 0.717) is 12.1 Å². The van der Waals surface area contributed by atoms with Crippen molar-refractivity contribution in [3.8, 4) is 6.01 Å². The molecule has 1 aromatic rings. The van der Waals surface area contributed by atoms with Crippen LogP contribution in [0.25, 0.3) is 0 Å². The summed E-state index contributed by atoms with van der Waals surface area (Å²) in [7, 11) is 1.48. The number of aliphatic hydroxyl groups excluding tert-OH is 1. The molecule has 7 nitrogen and oxygen atoms in total. The number of carbonyl (C=O) groups excluding carboxylic acids is 1. The minimum Gasteiger partial charge on any atom is -0.467 e. The monoisotopic (exact) mass is 294 g/mol. The molecule has 1 atom stereocenters. The first-order valence-electron chi connectivity index (χ1n) is 7.23. The molecule has 1 aliphatic heterocycles. The molecule has 7 heteroatoms. The largest absolute Gasteiger partial charge is 0.467 e. The Morgan fingerprint density at radius 3 is 2.90 bits per heavy atom. The van der Waals surface area contributed by atoms with Gasteiger partial charge in [-0.1, -0.05) is 6.42 Å². The van der Waals surface area contributed by atoms with Gasteiger partial charge in [0, 0.05) is 31.5 Å². The maximum absolute atomic E-state index is 11.9. The average Bonchev–Trinajstić information content (AvgIpc) is 2.55. The first kappa shape index (κ1) is 15.7. The number of rotatable bonds is 6. The van der Waals surface area contributed by atoms with Gasteiger partial charge in [-0.25, -0.2) is 9.97 Å². The predicted molar refractivity (Wildman–Crippen MR) is 77.2 cm³/mol. The van der Waals surface area contributed by atoms with Gasteiger partial charge in [-0.15, -0.1) is 0 Å². The summed E-state index contributed by atoms with van der Waals surface area (Å²) >= 11 is 0. The molecule has 0 bridgehead atoms. The Hall–Kier alpha value is -1.73. The van der Waals surface area contributed by atoms with Gasteiger partial charge in [-0.05, 0) is 19.4 Å². The number of likely N-dealkylation sites (tertiary alicyclic amines) is 1. The van der Waals surface area contributed by atoms with Gasteiger partial charge in [0.2, 0.25) is 0 Å². The minimum atomic E-state index is -0.199. The number of piperidine rings is 1. The van der Waals surface area contributed by atoms with Gasteiger partial charge in [-0.2, -0.15) is 0 Å². The van der Waals surface area contributed by atoms with Crippen molar-refractivity contribution in [2.45, 2.75) is 25.3 Å². The van der Waals surface area contributed by atoms with Crippen LogP contribution in [0.1, 0.15) is 29.6 Å². The summed E-state index contributed by atoms with van der Waals surface area (Å²) in [6, 6.07) is 0.464. The molecular formula is C14H22N4O3. The quantitative estimate of drug-likeness (QED) is 0.771. The second-order valence-corrected chi connectivity index (χ2v) is 5.08. The highest BCUT2D eigenvalue weighted by atomic mass is 16.5. The highest BCUT2D eigenvalue weighted by Gasteiger charge is 2.21. The van der Waals surface area contributed by atoms with Gasteiger partial charge in [0.15, 0.2) is 0 Å². The van der Waals surface area contributed by atoms with Gasteiger partial charge in [-0.3, -0.25) is 9.69 Å². The maximum atomic E-state index is 11.9. The van der Waals surface area contributed by atoms with Crippen LogP contribution in [-0.4, -0.2) is 65.3 Å². The van der Waals surface area contributed by atoms with E-state index in [0.717, 1.165) is 32.4 Å². The van der Waals surface area contributed by atoms with E-state index in [1.807, 2.05) is 0 Å². The lowest BCUT2D eigenvalue weighted by atomic mass is 10.0. The summed E-state index contributed by atoms with van der Waals surface area (Å²) in [5.41, 5.74) is 0.410. The van der Waals surface area contributed by atoms with Crippen LogP contribution in [0.4, 0.5) is 0 Å². The Kier molecular flexibility index (Phi) is 5.89. The van der Waals surface area contributed by atoms with E-state index in [9.17, 15) is 9.90 Å². The van der Waals surface area contributed by atoms with Gasteiger partial charge in [0.25, 0.3) is 5.91 Å². The summed E-state index contributed by atoms with van der Waals surface area (Å²) < 4.78 is 4.85. The van der Waals surface area contributed by atoms with Crippen LogP contribution in [0.15, 0.2) is 12.4 Å². The molecule has 116 valence electrons. The van der Waals surface area contributed by atoms with Gasteiger partial charge >= 0.3 is 6.01 Å². The molecule has 21 heavy (non-hydrogen) atoms. The van der Waals surface area contributed by atoms with Crippen molar-refractivity contribution in [2.75, 3.05) is 33.4 Å². The highest BCUT2D eigenvalue weighted by molar-refractivity contribution is 5.93. The van der Waals surface area contributed by atoms with Gasteiger partial charge in [0.05, 0.1) is 19.3 Å². The third-order valence-electron chi connectivity index (χ3n) is 3.72. The SMILES string of the molecule is COc1ncc(C(=O)NCCN2CCCC[C@H]2CO)cn1. The first-order chi connectivity index (χ1) is 10.2. The molecule has 1 saturated heterocycles. The molecule has 2 heterocycles. The van der Waals surface area contributed by atoms with E-state index in [4.69, 9.17) is 4.74 Å². The number of aromatic nitrogens is 2. The molecule has 0 spiro atoms. The Morgan fingerprint density at radius 2 is 2.24 bits per heavy atom. The molecule has 2 rings (SSSR count). The van der Waals surface area contributed by atoms with Crippen LogP contribution in [0.3, 0.4) is 0 Å². The van der Waals surface area contributed by atoms with Crippen molar-refractivity contribution >= 4 is 5.91 Å². The average molecular weight is 294 g/mol. The lowest BCUT2D eigenvalue weighted by Crippen LogP contribution is -2.45. The zero-order valence-electron chi connectivity index (χ0n) is 12.3. The molecule has 2 N–H and O–H groups in total. The van der Waals surface area contributed by atoms with Crippen LogP contribution in [0, 0.1) is 0 Å². The Bertz CT molecular complexity index is 452. The maximum Gasteiger partial charge on any atom is 0.316 e. The molecule has 0 aliphatic carbocycles. The second-order valence-electron chi connectivity index (χ2n) is 5.08. The fourth-order valence-corrected chi connectivity index (χ4v) is 2.52. The molecule has 0 unspecified atom stereocenters. The number of carbonyl (C=O) groups is 1. The van der Waals surface area contributed by atoms with Crippen LogP contribution in [0.5, 0.6) is 6.01 Å². The van der Waals surface area contributed by atoms with Gasteiger partial charge < -0.3 is 15.2 Å². The van der Waals surface area contributed by atoms with Crippen molar-refractivity contribution in [3.05, 3.63) is 18.0 Å². The Morgan fingerprint density at radius 1 is 1.48 bits per heavy atom. The summed E-state index contributed by atoms with van der Waals surface area (Å²) in [6.45, 7) is 2.45. The summed E-state index contributed by atoms with van der Waals surface area (Å²) in [5.74, 6) is -0.199. The van der Waals surface area contributed by atoms with Crippen LogP contribution >= 0.6 is 0 Å². The number of aliphatic hydroxyl groups is 1. The number of nitrogens with zero attached hydrogens (tertiary/aromatic N) is 3. The fourth-order valence-electron chi connectivity index (χ4n) is 2.52. The van der Waals surface area contributed by atoms with E-state index >= 15 is 0 Å². The van der Waals surface area contributed by atoms with Crippen molar-refractivity contribution in [1.82, 2.24) is 20.2 Å². The number of amides is 1. The summed E-state index contributed by atoms with van der Waals surface area (Å²) in [6.07, 6.45) is 6.22. The molecule has 1 amide bonds. The Balaban J connectivity index is 1.77. The standard InChI is InChI=1S/C14H22N4O3/c1-21-14-16-8-11(9-17-14)13(20)15-5-7-18-6-3-2-4-12(18)10-19/h8-9,12,19H,2-7,10H2,1H3,(H,15,20)/t12-/m0/s1. The number of hydrogen-bond acceptors (Lipinski definition) is 6. The number of hydrogen-bond donors (Lipinski definition) is 2. The predicted octanol–water partition coefficient (Wildman–Crippen LogP) is 0.0618. The van der Waals surface area contributed by atoms with E-state index in [2.05, 4.69) is 20.2 Å². The molecular weight excluding hydrogens is 272 g/mol. The smallest absolute Gasteiger partial charge is 0.316 e. The molecule has 0 aromatic carbocycles. The van der Waals surface area contributed by atoms with Crippen LogP contribution in [-0.2, 0) is 0 Å². The zero-order valence-corrected chi connectivity index (χ0v) is 12.3. The van der Waals surface area contributed by atoms with Crippen molar-refractivity contribution in [2.24, 2.45) is 0 Å². The first-order valence-corrected chi connectivity index (χ1v) is 7.23. The topological polar surface area (TPSA) is 87.6 Å². The number of methoxy groups -OCH3 is 1. The second kappa shape index (κ2) is 7.90. The summed E-state index contributed by atoms with van der Waals surface area (Å²) in [5, 5.41) is 12.2. The van der Waals surface area contributed by atoms with Gasteiger partial charge in [0.1, 0.15) is 0 Å². The number of nitrogens with one attached hydrogen (secondary N) is 1. The molecule has 0 saturated carbocycles. The van der Waals surface area contributed by atoms with Crippen LogP contribution in [0.2, 0.25) is 0 Å². The van der Waals surface area contributed by atoms with E-state index in [-0.39, 0.29) is 24.6 Å². The van der Waals surface area contributed by atoms with E-state index in [1.165, 1.54) is 19.5 Å². The molecule has 1 aromatic heterocycles. The van der Waals surface area contributed by atoms with Crippen LogP contribution < -0.4 is 10.1 Å². The fraction of sp³-hybridized carbons (Fsp3) is 0.643. The lowest BCUT2D eigenvalue weighted by Gasteiger charge is -2.34.